The van der Waals surface area contributed by atoms with Crippen LogP contribution >= 0.6 is 0 Å². The Hall–Kier alpha value is -1.57. The molecule has 1 aromatic carbocycles. The molecule has 0 bridgehead atoms. The molecule has 0 radical (unpaired) electrons. The number of benzene rings is 1. The van der Waals surface area contributed by atoms with E-state index in [0.29, 0.717) is 5.56 Å². The zero-order valence-corrected chi connectivity index (χ0v) is 7.78. The Labute approximate surface area is 77.8 Å². The topological polar surface area (TPSA) is 26.3 Å². The van der Waals surface area contributed by atoms with Crippen LogP contribution in [0.25, 0.3) is 6.08 Å². The van der Waals surface area contributed by atoms with Crippen LogP contribution in [0.5, 0.6) is 0 Å². The number of hydrogen-bond donors (Lipinski definition) is 0. The van der Waals surface area contributed by atoms with Gasteiger partial charge in [0.15, 0.2) is 0 Å². The summed E-state index contributed by atoms with van der Waals surface area (Å²) in [5.74, 6) is -0.299. The van der Waals surface area contributed by atoms with E-state index < -0.39 is 0 Å². The molecule has 0 aliphatic heterocycles. The van der Waals surface area contributed by atoms with Crippen molar-refractivity contribution in [2.24, 2.45) is 0 Å². The molecule has 1 rings (SSSR count). The predicted molar refractivity (Wildman–Crippen MR) is 52.5 cm³/mol. The molecule has 2 nitrogen and oxygen atoms in total. The Morgan fingerprint density at radius 1 is 1.31 bits per heavy atom. The number of allylic oxidation sites excluding steroid dienone is 1. The van der Waals surface area contributed by atoms with Crippen LogP contribution in [0, 0.1) is 0 Å². The van der Waals surface area contributed by atoms with Gasteiger partial charge in [0.05, 0.1) is 12.7 Å². The lowest BCUT2D eigenvalue weighted by Crippen LogP contribution is -2.00. The highest BCUT2D eigenvalue weighted by atomic mass is 16.5. The van der Waals surface area contributed by atoms with Crippen LogP contribution in [0.2, 0.25) is 0 Å². The van der Waals surface area contributed by atoms with Gasteiger partial charge in [-0.1, -0.05) is 24.3 Å². The molecule has 0 heterocycles. The van der Waals surface area contributed by atoms with Gasteiger partial charge in [-0.05, 0) is 24.6 Å². The number of carbonyl (C=O) groups excluding carboxylic acids is 1. The lowest BCUT2D eigenvalue weighted by molar-refractivity contribution is 0.0601. The maximum absolute atomic E-state index is 11.0. The highest BCUT2D eigenvalue weighted by molar-refractivity contribution is 5.89. The van der Waals surface area contributed by atoms with E-state index in [1.54, 1.807) is 12.1 Å². The summed E-state index contributed by atoms with van der Waals surface area (Å²) in [6.45, 7) is 1.95. The summed E-state index contributed by atoms with van der Waals surface area (Å²) in [6, 6.07) is 7.26. The predicted octanol–water partition coefficient (Wildman–Crippen LogP) is 2.51. The quantitative estimate of drug-likeness (QED) is 0.647. The molecule has 0 N–H and O–H groups in total. The molecular weight excluding hydrogens is 164 g/mol. The normalized spacial score (nSPS) is 10.3. The first kappa shape index (κ1) is 9.52. The minimum Gasteiger partial charge on any atom is -0.465 e. The largest absolute Gasteiger partial charge is 0.465 e. The smallest absolute Gasteiger partial charge is 0.337 e. The van der Waals surface area contributed by atoms with Gasteiger partial charge in [-0.3, -0.25) is 0 Å². The van der Waals surface area contributed by atoms with Gasteiger partial charge in [0.1, 0.15) is 0 Å². The molecule has 0 atom stereocenters. The molecular formula is C11H12O2. The molecule has 0 unspecified atom stereocenters. The second kappa shape index (κ2) is 4.45. The van der Waals surface area contributed by atoms with Crippen molar-refractivity contribution in [1.82, 2.24) is 0 Å². The van der Waals surface area contributed by atoms with Crippen molar-refractivity contribution in [2.75, 3.05) is 7.11 Å². The fourth-order valence-electron chi connectivity index (χ4n) is 1.04. The van der Waals surface area contributed by atoms with Gasteiger partial charge in [0.25, 0.3) is 0 Å². The summed E-state index contributed by atoms with van der Waals surface area (Å²) in [5, 5.41) is 0. The minimum atomic E-state index is -0.299. The van der Waals surface area contributed by atoms with Crippen LogP contribution in [-0.4, -0.2) is 13.1 Å². The van der Waals surface area contributed by atoms with Crippen molar-refractivity contribution < 1.29 is 9.53 Å². The van der Waals surface area contributed by atoms with Crippen LogP contribution in [-0.2, 0) is 4.74 Å². The number of rotatable bonds is 2. The highest BCUT2D eigenvalue weighted by Crippen LogP contribution is 2.06. The molecule has 0 saturated heterocycles. The van der Waals surface area contributed by atoms with Gasteiger partial charge in [0, 0.05) is 0 Å². The summed E-state index contributed by atoms with van der Waals surface area (Å²) in [6.07, 6.45) is 3.92. The fraction of sp³-hybridized carbons (Fsp3) is 0.182. The Morgan fingerprint density at radius 2 is 1.92 bits per heavy atom. The molecule has 1 aromatic rings. The van der Waals surface area contributed by atoms with Crippen molar-refractivity contribution in [3.05, 3.63) is 41.5 Å². The molecule has 2 heteroatoms. The molecule has 13 heavy (non-hydrogen) atoms. The Kier molecular flexibility index (Phi) is 3.26. The maximum atomic E-state index is 11.0. The van der Waals surface area contributed by atoms with E-state index >= 15 is 0 Å². The van der Waals surface area contributed by atoms with Gasteiger partial charge in [-0.2, -0.15) is 0 Å². The van der Waals surface area contributed by atoms with Gasteiger partial charge < -0.3 is 4.74 Å². The highest BCUT2D eigenvalue weighted by Gasteiger charge is 2.02. The molecule has 0 saturated carbocycles. The first-order valence-corrected chi connectivity index (χ1v) is 4.09. The van der Waals surface area contributed by atoms with E-state index in [1.165, 1.54) is 7.11 Å². The molecule has 0 amide bonds. The van der Waals surface area contributed by atoms with E-state index in [0.717, 1.165) is 5.56 Å². The monoisotopic (exact) mass is 176 g/mol. The first-order valence-electron chi connectivity index (χ1n) is 4.09. The number of ether oxygens (including phenoxy) is 1. The van der Waals surface area contributed by atoms with Crippen LogP contribution in [0.1, 0.15) is 22.8 Å². The summed E-state index contributed by atoms with van der Waals surface area (Å²) in [4.78, 5) is 11.0. The molecule has 0 spiro atoms. The van der Waals surface area contributed by atoms with E-state index in [-0.39, 0.29) is 5.97 Å². The third-order valence-electron chi connectivity index (χ3n) is 1.69. The van der Waals surface area contributed by atoms with Gasteiger partial charge in [-0.25, -0.2) is 4.79 Å². The standard InChI is InChI=1S/C11H12O2/c1-3-4-9-5-7-10(8-6-9)11(12)13-2/h3-8H,1-2H3/b4-3-. The zero-order chi connectivity index (χ0) is 9.68. The molecule has 0 fully saturated rings. The van der Waals surface area contributed by atoms with E-state index in [4.69, 9.17) is 0 Å². The third-order valence-corrected chi connectivity index (χ3v) is 1.69. The summed E-state index contributed by atoms with van der Waals surface area (Å²) < 4.78 is 4.58. The van der Waals surface area contributed by atoms with Crippen molar-refractivity contribution in [3.63, 3.8) is 0 Å². The Morgan fingerprint density at radius 3 is 2.38 bits per heavy atom. The molecule has 68 valence electrons. The van der Waals surface area contributed by atoms with E-state index in [1.807, 2.05) is 31.2 Å². The zero-order valence-electron chi connectivity index (χ0n) is 7.78. The first-order chi connectivity index (χ1) is 6.27. The lowest BCUT2D eigenvalue weighted by Gasteiger charge is -1.98. The number of esters is 1. The van der Waals surface area contributed by atoms with Crippen molar-refractivity contribution in [3.8, 4) is 0 Å². The van der Waals surface area contributed by atoms with Crippen LogP contribution < -0.4 is 0 Å². The Bertz CT molecular complexity index is 309. The third kappa shape index (κ3) is 2.44. The van der Waals surface area contributed by atoms with E-state index in [9.17, 15) is 4.79 Å². The van der Waals surface area contributed by atoms with Crippen LogP contribution in [0.3, 0.4) is 0 Å². The summed E-state index contributed by atoms with van der Waals surface area (Å²) in [7, 11) is 1.38. The average molecular weight is 176 g/mol. The van der Waals surface area contributed by atoms with Crippen LogP contribution in [0.4, 0.5) is 0 Å². The molecule has 0 aliphatic carbocycles. The number of hydrogen-bond acceptors (Lipinski definition) is 2. The fourth-order valence-corrected chi connectivity index (χ4v) is 1.04. The summed E-state index contributed by atoms with van der Waals surface area (Å²) >= 11 is 0. The average Bonchev–Trinajstić information content (AvgIpc) is 2.18. The van der Waals surface area contributed by atoms with Gasteiger partial charge in [0.2, 0.25) is 0 Å². The van der Waals surface area contributed by atoms with Crippen LogP contribution in [0.15, 0.2) is 30.3 Å². The second-order valence-corrected chi connectivity index (χ2v) is 2.61. The molecule has 0 aromatic heterocycles. The SMILES string of the molecule is C/C=C\c1ccc(C(=O)OC)cc1. The minimum absolute atomic E-state index is 0.299. The Balaban J connectivity index is 2.87. The molecule has 0 aliphatic rings. The van der Waals surface area contributed by atoms with Gasteiger partial charge >= 0.3 is 5.97 Å². The maximum Gasteiger partial charge on any atom is 0.337 e. The van der Waals surface area contributed by atoms with Gasteiger partial charge in [-0.15, -0.1) is 0 Å². The van der Waals surface area contributed by atoms with Crippen molar-refractivity contribution in [2.45, 2.75) is 6.92 Å². The second-order valence-electron chi connectivity index (χ2n) is 2.61. The lowest BCUT2D eigenvalue weighted by atomic mass is 10.1. The number of carbonyl (C=O) groups is 1. The van der Waals surface area contributed by atoms with Crippen molar-refractivity contribution in [1.29, 1.82) is 0 Å². The number of methoxy groups -OCH3 is 1. The van der Waals surface area contributed by atoms with Crippen molar-refractivity contribution >= 4 is 12.0 Å². The summed E-state index contributed by atoms with van der Waals surface area (Å²) in [5.41, 5.74) is 1.66. The van der Waals surface area contributed by atoms with E-state index in [2.05, 4.69) is 4.74 Å².